The molecule has 1 atom stereocenters. The highest BCUT2D eigenvalue weighted by Crippen LogP contribution is 2.11. The standard InChI is InChI=1S/C17H23N3O2/c1-2-15(12-21)20-17(22)9-13-3-5-16(6-4-13)19-11-14-7-8-18-10-14/h3-8,10,15,18-19,21H,2,9,11-12H2,1H3,(H,20,22). The van der Waals surface area contributed by atoms with E-state index in [0.29, 0.717) is 6.42 Å². The first kappa shape index (κ1) is 16.1. The van der Waals surface area contributed by atoms with Crippen LogP contribution in [0.25, 0.3) is 0 Å². The number of H-pyrrole nitrogens is 1. The van der Waals surface area contributed by atoms with Gasteiger partial charge in [-0.05, 0) is 35.7 Å². The number of carbonyl (C=O) groups excluding carboxylic acids is 1. The van der Waals surface area contributed by atoms with E-state index in [2.05, 4.69) is 15.6 Å². The summed E-state index contributed by atoms with van der Waals surface area (Å²) >= 11 is 0. The lowest BCUT2D eigenvalue weighted by Crippen LogP contribution is -2.37. The van der Waals surface area contributed by atoms with Crippen molar-refractivity contribution in [1.29, 1.82) is 0 Å². The van der Waals surface area contributed by atoms with Crippen LogP contribution in [0.15, 0.2) is 42.7 Å². The first-order valence-corrected chi connectivity index (χ1v) is 7.56. The van der Waals surface area contributed by atoms with Crippen molar-refractivity contribution in [3.05, 3.63) is 53.9 Å². The second-order valence-corrected chi connectivity index (χ2v) is 5.30. The maximum absolute atomic E-state index is 11.9. The van der Waals surface area contributed by atoms with Gasteiger partial charge in [-0.25, -0.2) is 0 Å². The van der Waals surface area contributed by atoms with Crippen molar-refractivity contribution >= 4 is 11.6 Å². The average Bonchev–Trinajstić information content (AvgIpc) is 3.05. The summed E-state index contributed by atoms with van der Waals surface area (Å²) < 4.78 is 0. The second-order valence-electron chi connectivity index (χ2n) is 5.30. The predicted octanol–water partition coefficient (Wildman–Crippen LogP) is 2.06. The molecule has 5 nitrogen and oxygen atoms in total. The molecule has 0 radical (unpaired) electrons. The number of benzene rings is 1. The molecule has 5 heteroatoms. The first-order valence-electron chi connectivity index (χ1n) is 7.56. The Balaban J connectivity index is 1.82. The smallest absolute Gasteiger partial charge is 0.224 e. The number of anilines is 1. The predicted molar refractivity (Wildman–Crippen MR) is 87.6 cm³/mol. The molecular weight excluding hydrogens is 278 g/mol. The Morgan fingerprint density at radius 2 is 2.00 bits per heavy atom. The van der Waals surface area contributed by atoms with E-state index in [1.54, 1.807) is 0 Å². The molecular formula is C17H23N3O2. The Bertz CT molecular complexity index is 560. The van der Waals surface area contributed by atoms with Crippen LogP contribution in [0.5, 0.6) is 0 Å². The zero-order valence-electron chi connectivity index (χ0n) is 12.8. The molecule has 0 aliphatic heterocycles. The average molecular weight is 301 g/mol. The van der Waals surface area contributed by atoms with E-state index < -0.39 is 0 Å². The molecule has 1 unspecified atom stereocenters. The van der Waals surface area contributed by atoms with Gasteiger partial charge in [0, 0.05) is 24.6 Å². The molecule has 0 saturated carbocycles. The largest absolute Gasteiger partial charge is 0.394 e. The summed E-state index contributed by atoms with van der Waals surface area (Å²) in [5.74, 6) is -0.0612. The highest BCUT2D eigenvalue weighted by Gasteiger charge is 2.09. The Labute approximate surface area is 130 Å². The molecule has 0 spiro atoms. The number of amides is 1. The molecule has 4 N–H and O–H groups in total. The molecule has 2 rings (SSSR count). The fourth-order valence-electron chi connectivity index (χ4n) is 2.15. The fraction of sp³-hybridized carbons (Fsp3) is 0.353. The van der Waals surface area contributed by atoms with E-state index in [-0.39, 0.29) is 18.6 Å². The van der Waals surface area contributed by atoms with Crippen LogP contribution >= 0.6 is 0 Å². The Morgan fingerprint density at radius 3 is 2.59 bits per heavy atom. The molecule has 0 fully saturated rings. The van der Waals surface area contributed by atoms with Gasteiger partial charge < -0.3 is 20.7 Å². The van der Waals surface area contributed by atoms with Crippen LogP contribution in [0.3, 0.4) is 0 Å². The van der Waals surface area contributed by atoms with Gasteiger partial charge in [-0.1, -0.05) is 19.1 Å². The van der Waals surface area contributed by atoms with Crippen molar-refractivity contribution in [2.45, 2.75) is 32.4 Å². The number of hydrogen-bond acceptors (Lipinski definition) is 3. The SMILES string of the molecule is CCC(CO)NC(=O)Cc1ccc(NCc2cc[nH]c2)cc1. The van der Waals surface area contributed by atoms with Gasteiger partial charge in [0.05, 0.1) is 19.1 Å². The Hall–Kier alpha value is -2.27. The van der Waals surface area contributed by atoms with Crippen molar-refractivity contribution in [3.63, 3.8) is 0 Å². The van der Waals surface area contributed by atoms with E-state index in [4.69, 9.17) is 5.11 Å². The number of aromatic amines is 1. The molecule has 1 aromatic carbocycles. The van der Waals surface area contributed by atoms with Crippen LogP contribution in [0, 0.1) is 0 Å². The van der Waals surface area contributed by atoms with Crippen molar-refractivity contribution in [2.24, 2.45) is 0 Å². The third kappa shape index (κ3) is 4.93. The van der Waals surface area contributed by atoms with Crippen molar-refractivity contribution < 1.29 is 9.90 Å². The van der Waals surface area contributed by atoms with E-state index in [1.165, 1.54) is 5.56 Å². The van der Waals surface area contributed by atoms with Gasteiger partial charge >= 0.3 is 0 Å². The van der Waals surface area contributed by atoms with Gasteiger partial charge in [0.25, 0.3) is 0 Å². The van der Waals surface area contributed by atoms with Crippen LogP contribution < -0.4 is 10.6 Å². The summed E-state index contributed by atoms with van der Waals surface area (Å²) in [6.07, 6.45) is 4.91. The lowest BCUT2D eigenvalue weighted by molar-refractivity contribution is -0.121. The monoisotopic (exact) mass is 301 g/mol. The topological polar surface area (TPSA) is 77.2 Å². The molecule has 0 saturated heterocycles. The normalized spacial score (nSPS) is 11.9. The van der Waals surface area contributed by atoms with E-state index in [9.17, 15) is 4.79 Å². The lowest BCUT2D eigenvalue weighted by Gasteiger charge is -2.14. The molecule has 118 valence electrons. The molecule has 1 heterocycles. The summed E-state index contributed by atoms with van der Waals surface area (Å²) in [5.41, 5.74) is 3.17. The number of aromatic nitrogens is 1. The highest BCUT2D eigenvalue weighted by molar-refractivity contribution is 5.79. The van der Waals surface area contributed by atoms with Crippen LogP contribution in [-0.2, 0) is 17.8 Å². The minimum atomic E-state index is -0.158. The summed E-state index contributed by atoms with van der Waals surface area (Å²) in [7, 11) is 0. The van der Waals surface area contributed by atoms with Gasteiger partial charge in [-0.2, -0.15) is 0 Å². The van der Waals surface area contributed by atoms with E-state index in [1.807, 2.05) is 49.6 Å². The van der Waals surface area contributed by atoms with Crippen LogP contribution in [0.4, 0.5) is 5.69 Å². The van der Waals surface area contributed by atoms with Gasteiger partial charge in [0.1, 0.15) is 0 Å². The number of hydrogen-bond donors (Lipinski definition) is 4. The minimum Gasteiger partial charge on any atom is -0.394 e. The van der Waals surface area contributed by atoms with Crippen molar-refractivity contribution in [1.82, 2.24) is 10.3 Å². The summed E-state index contributed by atoms with van der Waals surface area (Å²) in [6.45, 7) is 2.67. The van der Waals surface area contributed by atoms with Gasteiger partial charge in [0.2, 0.25) is 5.91 Å². The molecule has 0 aliphatic rings. The minimum absolute atomic E-state index is 0.0236. The number of nitrogens with one attached hydrogen (secondary N) is 3. The second kappa shape index (κ2) is 8.24. The number of rotatable bonds is 8. The van der Waals surface area contributed by atoms with Crippen LogP contribution in [-0.4, -0.2) is 28.6 Å². The zero-order valence-corrected chi connectivity index (χ0v) is 12.8. The third-order valence-corrected chi connectivity index (χ3v) is 3.56. The summed E-state index contributed by atoms with van der Waals surface area (Å²) in [4.78, 5) is 14.9. The number of carbonyl (C=O) groups is 1. The summed E-state index contributed by atoms with van der Waals surface area (Å²) in [5, 5.41) is 15.2. The van der Waals surface area contributed by atoms with Gasteiger partial charge in [0.15, 0.2) is 0 Å². The van der Waals surface area contributed by atoms with Gasteiger partial charge in [-0.15, -0.1) is 0 Å². The molecule has 1 aromatic heterocycles. The Morgan fingerprint density at radius 1 is 1.23 bits per heavy atom. The maximum atomic E-state index is 11.9. The number of aliphatic hydroxyl groups excluding tert-OH is 1. The number of aliphatic hydroxyl groups is 1. The third-order valence-electron chi connectivity index (χ3n) is 3.56. The molecule has 2 aromatic rings. The van der Waals surface area contributed by atoms with Crippen LogP contribution in [0.1, 0.15) is 24.5 Å². The van der Waals surface area contributed by atoms with Crippen molar-refractivity contribution in [3.8, 4) is 0 Å². The highest BCUT2D eigenvalue weighted by atomic mass is 16.3. The molecule has 1 amide bonds. The van der Waals surface area contributed by atoms with E-state index >= 15 is 0 Å². The quantitative estimate of drug-likeness (QED) is 0.603. The Kier molecular flexibility index (Phi) is 6.03. The zero-order chi connectivity index (χ0) is 15.8. The summed E-state index contributed by atoms with van der Waals surface area (Å²) in [6, 6.07) is 9.70. The molecule has 22 heavy (non-hydrogen) atoms. The molecule has 0 aliphatic carbocycles. The van der Waals surface area contributed by atoms with Crippen LogP contribution in [0.2, 0.25) is 0 Å². The molecule has 0 bridgehead atoms. The lowest BCUT2D eigenvalue weighted by atomic mass is 10.1. The van der Waals surface area contributed by atoms with Crippen molar-refractivity contribution in [2.75, 3.05) is 11.9 Å². The van der Waals surface area contributed by atoms with E-state index in [0.717, 1.165) is 24.2 Å². The first-order chi connectivity index (χ1) is 10.7. The van der Waals surface area contributed by atoms with Gasteiger partial charge in [-0.3, -0.25) is 4.79 Å². The maximum Gasteiger partial charge on any atom is 0.224 e. The fourth-order valence-corrected chi connectivity index (χ4v) is 2.15.